The van der Waals surface area contributed by atoms with Gasteiger partial charge >= 0.3 is 0 Å². The topological polar surface area (TPSA) is 112 Å². The first kappa shape index (κ1) is 22.7. The van der Waals surface area contributed by atoms with Gasteiger partial charge in [0.1, 0.15) is 4.90 Å². The molecule has 174 valence electrons. The highest BCUT2D eigenvalue weighted by atomic mass is 32.2. The second-order valence-corrected chi connectivity index (χ2v) is 11.8. The van der Waals surface area contributed by atoms with E-state index in [0.717, 1.165) is 33.8 Å². The Hall–Kier alpha value is -3.11. The predicted molar refractivity (Wildman–Crippen MR) is 133 cm³/mol. The molecule has 0 fully saturated rings. The molecule has 0 atom stereocenters. The number of hydrogen-bond acceptors (Lipinski definition) is 4. The minimum atomic E-state index is -4.72. The first-order chi connectivity index (χ1) is 15.8. The summed E-state index contributed by atoms with van der Waals surface area (Å²) >= 11 is 0. The summed E-state index contributed by atoms with van der Waals surface area (Å²) < 4.78 is 69.7. The summed E-state index contributed by atoms with van der Waals surface area (Å²) in [6.07, 6.45) is 0. The Morgan fingerprint density at radius 1 is 0.765 bits per heavy atom. The molecule has 1 aliphatic heterocycles. The van der Waals surface area contributed by atoms with E-state index in [1.54, 1.807) is 0 Å². The normalized spacial score (nSPS) is 15.8. The van der Waals surface area contributed by atoms with Crippen LogP contribution in [-0.2, 0) is 25.7 Å². The van der Waals surface area contributed by atoms with Gasteiger partial charge in [0.25, 0.3) is 20.2 Å². The van der Waals surface area contributed by atoms with Crippen LogP contribution in [0.1, 0.15) is 26.3 Å². The zero-order chi connectivity index (χ0) is 24.6. The molecular formula is C25H22NO6S2+. The fourth-order valence-electron chi connectivity index (χ4n) is 4.85. The number of rotatable bonds is 3. The lowest BCUT2D eigenvalue weighted by Crippen LogP contribution is -2.26. The van der Waals surface area contributed by atoms with Crippen LogP contribution in [0.4, 0.5) is 11.4 Å². The molecule has 0 saturated heterocycles. The SMILES string of the molecule is CC1=[N+](c2ccc3ccccc3c2)c2cc(S(=O)(=O)O)c3cc(S(=O)(=O)O)ccc3c2C1(C)C. The van der Waals surface area contributed by atoms with Crippen molar-refractivity contribution in [1.82, 2.24) is 4.58 Å². The summed E-state index contributed by atoms with van der Waals surface area (Å²) in [6.45, 7) is 5.97. The zero-order valence-electron chi connectivity index (χ0n) is 18.6. The van der Waals surface area contributed by atoms with Crippen LogP contribution in [-0.4, -0.2) is 31.7 Å². The molecule has 0 amide bonds. The van der Waals surface area contributed by atoms with Crippen molar-refractivity contribution in [3.8, 4) is 0 Å². The average Bonchev–Trinajstić information content (AvgIpc) is 2.96. The van der Waals surface area contributed by atoms with E-state index in [9.17, 15) is 25.9 Å². The van der Waals surface area contributed by atoms with Crippen molar-refractivity contribution in [3.63, 3.8) is 0 Å². The number of nitrogens with zero attached hydrogens (tertiary/aromatic N) is 1. The third kappa shape index (κ3) is 3.35. The van der Waals surface area contributed by atoms with Crippen LogP contribution in [0.3, 0.4) is 0 Å². The molecule has 0 aliphatic carbocycles. The first-order valence-corrected chi connectivity index (χ1v) is 13.4. The smallest absolute Gasteiger partial charge is 0.282 e. The van der Waals surface area contributed by atoms with Gasteiger partial charge in [-0.3, -0.25) is 9.11 Å². The van der Waals surface area contributed by atoms with E-state index < -0.39 is 35.4 Å². The molecule has 2 N–H and O–H groups in total. The Balaban J connectivity index is 1.90. The highest BCUT2D eigenvalue weighted by Crippen LogP contribution is 2.47. The van der Waals surface area contributed by atoms with Crippen LogP contribution in [0, 0.1) is 0 Å². The van der Waals surface area contributed by atoms with E-state index in [1.807, 2.05) is 67.8 Å². The monoisotopic (exact) mass is 496 g/mol. The Kier molecular flexibility index (Phi) is 4.80. The highest BCUT2D eigenvalue weighted by molar-refractivity contribution is 7.86. The maximum absolute atomic E-state index is 12.4. The standard InChI is InChI=1S/C25H21NO6S2/c1-15-25(2,3)24-20-11-10-19(33(27,28)29)13-21(20)23(34(30,31)32)14-22(24)26(15)18-9-8-16-6-4-5-7-17(16)12-18/h4-14H,1-3H3,(H-,27,28,29,30,31,32)/p+1. The molecule has 7 nitrogen and oxygen atoms in total. The highest BCUT2D eigenvalue weighted by Gasteiger charge is 2.46. The Morgan fingerprint density at radius 2 is 1.44 bits per heavy atom. The van der Waals surface area contributed by atoms with Crippen molar-refractivity contribution in [2.75, 3.05) is 0 Å². The van der Waals surface area contributed by atoms with Crippen molar-refractivity contribution in [2.45, 2.75) is 36.0 Å². The lowest BCUT2D eigenvalue weighted by Gasteiger charge is -2.18. The molecule has 0 bridgehead atoms. The second-order valence-electron chi connectivity index (χ2n) is 9.00. The molecule has 0 radical (unpaired) electrons. The van der Waals surface area contributed by atoms with E-state index in [-0.39, 0.29) is 5.39 Å². The van der Waals surface area contributed by atoms with Crippen LogP contribution < -0.4 is 4.58 Å². The van der Waals surface area contributed by atoms with Gasteiger partial charge in [-0.1, -0.05) is 30.3 Å². The molecule has 0 saturated carbocycles. The van der Waals surface area contributed by atoms with E-state index >= 15 is 0 Å². The minimum absolute atomic E-state index is 0.0256. The third-order valence-corrected chi connectivity index (χ3v) is 8.47. The minimum Gasteiger partial charge on any atom is -0.282 e. The van der Waals surface area contributed by atoms with E-state index in [1.165, 1.54) is 18.2 Å². The summed E-state index contributed by atoms with van der Waals surface area (Å²) in [4.78, 5) is -0.879. The lowest BCUT2D eigenvalue weighted by molar-refractivity contribution is 0.480. The van der Waals surface area contributed by atoms with Crippen LogP contribution >= 0.6 is 0 Å². The first-order valence-electron chi connectivity index (χ1n) is 10.5. The van der Waals surface area contributed by atoms with Crippen molar-refractivity contribution in [3.05, 3.63) is 72.3 Å². The maximum Gasteiger partial charge on any atom is 0.295 e. The molecule has 0 unspecified atom stereocenters. The van der Waals surface area contributed by atoms with Crippen LogP contribution in [0.25, 0.3) is 21.5 Å². The van der Waals surface area contributed by atoms with Gasteiger partial charge < -0.3 is 0 Å². The van der Waals surface area contributed by atoms with Gasteiger partial charge in [0.15, 0.2) is 5.71 Å². The Labute approximate surface area is 197 Å². The van der Waals surface area contributed by atoms with Gasteiger partial charge in [-0.05, 0) is 48.2 Å². The predicted octanol–water partition coefficient (Wildman–Crippen LogP) is 5.07. The lowest BCUT2D eigenvalue weighted by atomic mass is 9.80. The van der Waals surface area contributed by atoms with Crippen LogP contribution in [0.5, 0.6) is 0 Å². The molecule has 4 aromatic rings. The molecule has 5 rings (SSSR count). The molecule has 0 aromatic heterocycles. The van der Waals surface area contributed by atoms with Gasteiger partial charge in [0.2, 0.25) is 11.4 Å². The van der Waals surface area contributed by atoms with Gasteiger partial charge in [-0.15, -0.1) is 0 Å². The van der Waals surface area contributed by atoms with Gasteiger partial charge in [-0.2, -0.15) is 21.4 Å². The van der Waals surface area contributed by atoms with Gasteiger partial charge in [0.05, 0.1) is 10.3 Å². The third-order valence-electron chi connectivity index (χ3n) is 6.72. The second kappa shape index (κ2) is 7.19. The van der Waals surface area contributed by atoms with Crippen LogP contribution in [0.15, 0.2) is 76.5 Å². The molecule has 1 heterocycles. The maximum atomic E-state index is 12.4. The van der Waals surface area contributed by atoms with Crippen molar-refractivity contribution < 1.29 is 25.9 Å². The summed E-state index contributed by atoms with van der Waals surface area (Å²) in [5.74, 6) is 0. The van der Waals surface area contributed by atoms with Gasteiger partial charge in [-0.25, -0.2) is 0 Å². The molecule has 9 heteroatoms. The summed E-state index contributed by atoms with van der Waals surface area (Å²) in [5.41, 5.74) is 2.60. The Morgan fingerprint density at radius 3 is 2.09 bits per heavy atom. The Bertz CT molecular complexity index is 1790. The van der Waals surface area contributed by atoms with Crippen molar-refractivity contribution in [1.29, 1.82) is 0 Å². The van der Waals surface area contributed by atoms with E-state index in [2.05, 4.69) is 0 Å². The fourth-order valence-corrected chi connectivity index (χ4v) is 6.07. The van der Waals surface area contributed by atoms with Crippen LogP contribution in [0.2, 0.25) is 0 Å². The van der Waals surface area contributed by atoms with E-state index in [4.69, 9.17) is 0 Å². The van der Waals surface area contributed by atoms with E-state index in [0.29, 0.717) is 11.1 Å². The molecular weight excluding hydrogens is 474 g/mol. The van der Waals surface area contributed by atoms with Crippen molar-refractivity contribution >= 4 is 58.9 Å². The molecule has 4 aromatic carbocycles. The largest absolute Gasteiger partial charge is 0.295 e. The molecule has 0 spiro atoms. The summed E-state index contributed by atoms with van der Waals surface area (Å²) in [6, 6.07) is 19.0. The molecule has 34 heavy (non-hydrogen) atoms. The summed E-state index contributed by atoms with van der Waals surface area (Å²) in [7, 11) is -9.30. The molecule has 1 aliphatic rings. The van der Waals surface area contributed by atoms with Crippen molar-refractivity contribution in [2.24, 2.45) is 0 Å². The fraction of sp³-hybridized carbons (Fsp3) is 0.160. The van der Waals surface area contributed by atoms with Gasteiger partial charge in [0, 0.05) is 36.1 Å². The summed E-state index contributed by atoms with van der Waals surface area (Å²) in [5, 5.41) is 2.59. The average molecular weight is 497 g/mol. The quantitative estimate of drug-likeness (QED) is 0.302. The number of hydrogen-bond donors (Lipinski definition) is 2. The number of fused-ring (bicyclic) bond motifs is 4. The zero-order valence-corrected chi connectivity index (χ0v) is 20.3. The number of benzene rings is 4.